The van der Waals surface area contributed by atoms with Gasteiger partial charge in [-0.2, -0.15) is 18.4 Å². The van der Waals surface area contributed by atoms with E-state index in [9.17, 15) is 22.8 Å². The van der Waals surface area contributed by atoms with Gasteiger partial charge in [0.25, 0.3) is 0 Å². The number of rotatable bonds is 2. The van der Waals surface area contributed by atoms with Gasteiger partial charge in [-0.05, 0) is 67.3 Å². The molecule has 2 aromatic rings. The van der Waals surface area contributed by atoms with E-state index in [1.54, 1.807) is 45.0 Å². The third-order valence-corrected chi connectivity index (χ3v) is 4.95. The number of ether oxygens (including phenoxy) is 1. The number of hydrogen-bond acceptors (Lipinski definition) is 4. The Balaban J connectivity index is 2.06. The molecule has 9 heteroatoms. The van der Waals surface area contributed by atoms with Gasteiger partial charge in [0, 0.05) is 19.3 Å². The number of fused-ring (bicyclic) bond motifs is 1. The fourth-order valence-corrected chi connectivity index (χ4v) is 3.43. The summed E-state index contributed by atoms with van der Waals surface area (Å²) in [6, 6.07) is 11.5. The largest absolute Gasteiger partial charge is 0.471 e. The zero-order valence-corrected chi connectivity index (χ0v) is 18.1. The van der Waals surface area contributed by atoms with Crippen LogP contribution in [0.15, 0.2) is 36.4 Å². The van der Waals surface area contributed by atoms with Crippen molar-refractivity contribution < 1.29 is 27.5 Å². The molecule has 168 valence electrons. The van der Waals surface area contributed by atoms with Crippen LogP contribution in [0.2, 0.25) is 0 Å². The molecule has 2 aromatic carbocycles. The second-order valence-corrected chi connectivity index (χ2v) is 8.52. The minimum Gasteiger partial charge on any atom is -0.444 e. The summed E-state index contributed by atoms with van der Waals surface area (Å²) in [7, 11) is 1.06. The zero-order valence-electron chi connectivity index (χ0n) is 18.1. The summed E-state index contributed by atoms with van der Waals surface area (Å²) in [5.41, 5.74) is 2.38. The number of alkyl halides is 3. The lowest BCUT2D eigenvalue weighted by atomic mass is 9.95. The molecule has 0 fully saturated rings. The molecule has 0 saturated heterocycles. The number of anilines is 1. The highest BCUT2D eigenvalue weighted by molar-refractivity contribution is 5.97. The third kappa shape index (κ3) is 4.85. The van der Waals surface area contributed by atoms with Crippen LogP contribution in [0, 0.1) is 11.3 Å². The van der Waals surface area contributed by atoms with Crippen molar-refractivity contribution in [1.29, 1.82) is 5.26 Å². The summed E-state index contributed by atoms with van der Waals surface area (Å²) in [6.07, 6.45) is -5.56. The first-order valence-corrected chi connectivity index (χ1v) is 9.79. The predicted molar refractivity (Wildman–Crippen MR) is 112 cm³/mol. The minimum absolute atomic E-state index is 0.0523. The molecule has 1 aliphatic heterocycles. The Labute approximate surface area is 183 Å². The second kappa shape index (κ2) is 8.19. The van der Waals surface area contributed by atoms with Crippen molar-refractivity contribution in [2.75, 3.05) is 11.9 Å². The topological polar surface area (TPSA) is 73.6 Å². The average molecular weight is 445 g/mol. The van der Waals surface area contributed by atoms with E-state index in [0.717, 1.165) is 12.6 Å². The van der Waals surface area contributed by atoms with Gasteiger partial charge in [0.2, 0.25) is 0 Å². The number of nitriles is 1. The smallest absolute Gasteiger partial charge is 0.444 e. The summed E-state index contributed by atoms with van der Waals surface area (Å²) in [5.74, 6) is -2.00. The summed E-state index contributed by atoms with van der Waals surface area (Å²) in [4.78, 5) is 26.4. The van der Waals surface area contributed by atoms with Gasteiger partial charge in [-0.3, -0.25) is 9.69 Å². The SMILES string of the molecule is CN(C(=O)C(F)(F)F)c1cc2c(c(-c3ccc(C#N)cc3)c1)CN(C(=O)OC(C)(C)C)C2. The Morgan fingerprint density at radius 2 is 1.72 bits per heavy atom. The standard InChI is InChI=1S/C23H22F3N3O3/c1-22(2,3)32-21(31)29-12-16-9-17(28(4)20(30)23(24,25)26)10-18(19(16)13-29)15-7-5-14(11-27)6-8-15/h5-10H,12-13H2,1-4H3. The molecule has 0 radical (unpaired) electrons. The minimum atomic E-state index is -5.02. The molecule has 0 atom stereocenters. The van der Waals surface area contributed by atoms with Gasteiger partial charge >= 0.3 is 18.2 Å². The number of hydrogen-bond donors (Lipinski definition) is 0. The van der Waals surface area contributed by atoms with E-state index in [2.05, 4.69) is 0 Å². The maximum atomic E-state index is 13.0. The number of nitrogens with zero attached hydrogens (tertiary/aromatic N) is 3. The van der Waals surface area contributed by atoms with Crippen LogP contribution in [0.3, 0.4) is 0 Å². The lowest BCUT2D eigenvalue weighted by molar-refractivity contribution is -0.170. The Kier molecular flexibility index (Phi) is 5.92. The highest BCUT2D eigenvalue weighted by Crippen LogP contribution is 2.38. The molecule has 0 spiro atoms. The molecule has 0 saturated carbocycles. The monoisotopic (exact) mass is 445 g/mol. The Hall–Kier alpha value is -3.54. The molecule has 0 N–H and O–H groups in total. The quantitative estimate of drug-likeness (QED) is 0.652. The first-order valence-electron chi connectivity index (χ1n) is 9.79. The van der Waals surface area contributed by atoms with Gasteiger partial charge in [-0.1, -0.05) is 12.1 Å². The second-order valence-electron chi connectivity index (χ2n) is 8.52. The summed E-state index contributed by atoms with van der Waals surface area (Å²) in [5, 5.41) is 9.04. The van der Waals surface area contributed by atoms with Crippen LogP contribution in [-0.4, -0.2) is 35.7 Å². The van der Waals surface area contributed by atoms with Gasteiger partial charge in [0.05, 0.1) is 18.2 Å². The van der Waals surface area contributed by atoms with E-state index in [0.29, 0.717) is 27.2 Å². The average Bonchev–Trinajstić information content (AvgIpc) is 3.14. The summed E-state index contributed by atoms with van der Waals surface area (Å²) in [6.45, 7) is 5.57. The van der Waals surface area contributed by atoms with Crippen molar-refractivity contribution in [2.45, 2.75) is 45.6 Å². The molecule has 1 aliphatic rings. The molecule has 0 aliphatic carbocycles. The molecule has 32 heavy (non-hydrogen) atoms. The zero-order chi connectivity index (χ0) is 23.8. The van der Waals surface area contributed by atoms with Crippen molar-refractivity contribution in [2.24, 2.45) is 0 Å². The van der Waals surface area contributed by atoms with Crippen LogP contribution in [0.1, 0.15) is 37.5 Å². The van der Waals surface area contributed by atoms with Crippen molar-refractivity contribution in [1.82, 2.24) is 4.90 Å². The van der Waals surface area contributed by atoms with Crippen LogP contribution in [0.25, 0.3) is 11.1 Å². The van der Waals surface area contributed by atoms with Crippen molar-refractivity contribution in [3.8, 4) is 17.2 Å². The Morgan fingerprint density at radius 3 is 2.25 bits per heavy atom. The van der Waals surface area contributed by atoms with Gasteiger partial charge in [-0.25, -0.2) is 4.79 Å². The van der Waals surface area contributed by atoms with E-state index >= 15 is 0 Å². The molecule has 6 nitrogen and oxygen atoms in total. The Bertz CT molecular complexity index is 1100. The van der Waals surface area contributed by atoms with Crippen LogP contribution in [0.4, 0.5) is 23.7 Å². The highest BCUT2D eigenvalue weighted by atomic mass is 19.4. The summed E-state index contributed by atoms with van der Waals surface area (Å²) < 4.78 is 44.4. The van der Waals surface area contributed by atoms with Gasteiger partial charge < -0.3 is 9.64 Å². The maximum absolute atomic E-state index is 13.0. The number of halogens is 3. The number of amides is 2. The fourth-order valence-electron chi connectivity index (χ4n) is 3.43. The van der Waals surface area contributed by atoms with Crippen LogP contribution >= 0.6 is 0 Å². The van der Waals surface area contributed by atoms with Crippen LogP contribution < -0.4 is 4.90 Å². The van der Waals surface area contributed by atoms with Crippen molar-refractivity contribution in [3.63, 3.8) is 0 Å². The van der Waals surface area contributed by atoms with E-state index in [1.807, 2.05) is 6.07 Å². The van der Waals surface area contributed by atoms with E-state index < -0.39 is 23.8 Å². The number of carbonyl (C=O) groups excluding carboxylic acids is 2. The first kappa shape index (κ1) is 23.1. The molecular weight excluding hydrogens is 423 g/mol. The molecule has 3 rings (SSSR count). The van der Waals surface area contributed by atoms with Gasteiger partial charge in [0.15, 0.2) is 0 Å². The van der Waals surface area contributed by atoms with Crippen LogP contribution in [-0.2, 0) is 22.6 Å². The molecule has 1 heterocycles. The highest BCUT2D eigenvalue weighted by Gasteiger charge is 2.42. The summed E-state index contributed by atoms with van der Waals surface area (Å²) >= 11 is 0. The predicted octanol–water partition coefficient (Wildman–Crippen LogP) is 5.00. The Morgan fingerprint density at radius 1 is 1.09 bits per heavy atom. The third-order valence-electron chi connectivity index (χ3n) is 4.95. The lowest BCUT2D eigenvalue weighted by Gasteiger charge is -2.24. The van der Waals surface area contributed by atoms with Gasteiger partial charge in [-0.15, -0.1) is 0 Å². The van der Waals surface area contributed by atoms with Gasteiger partial charge in [0.1, 0.15) is 5.60 Å². The fraction of sp³-hybridized carbons (Fsp3) is 0.348. The van der Waals surface area contributed by atoms with Crippen molar-refractivity contribution >= 4 is 17.7 Å². The van der Waals surface area contributed by atoms with Crippen molar-refractivity contribution in [3.05, 3.63) is 53.1 Å². The van der Waals surface area contributed by atoms with E-state index in [1.165, 1.54) is 17.0 Å². The number of carbonyl (C=O) groups is 2. The molecule has 0 bridgehead atoms. The number of benzene rings is 2. The molecule has 0 aromatic heterocycles. The first-order chi connectivity index (χ1) is 14.8. The lowest BCUT2D eigenvalue weighted by Crippen LogP contribution is -2.38. The van der Waals surface area contributed by atoms with E-state index in [4.69, 9.17) is 10.00 Å². The maximum Gasteiger partial charge on any atom is 0.471 e. The van der Waals surface area contributed by atoms with Crippen LogP contribution in [0.5, 0.6) is 0 Å². The molecule has 0 unspecified atom stereocenters. The molecular formula is C23H22F3N3O3. The molecule has 2 amide bonds. The van der Waals surface area contributed by atoms with E-state index in [-0.39, 0.29) is 18.8 Å². The normalized spacial score (nSPS) is 13.4.